The fourth-order valence-corrected chi connectivity index (χ4v) is 3.20. The molecule has 116 valence electrons. The van der Waals surface area contributed by atoms with Crippen LogP contribution in [0, 0.1) is 21.4 Å². The molecule has 7 nitrogen and oxygen atoms in total. The highest BCUT2D eigenvalue weighted by Crippen LogP contribution is 2.35. The number of nitrogens with zero attached hydrogens (tertiary/aromatic N) is 4. The van der Waals surface area contributed by atoms with Gasteiger partial charge in [0, 0.05) is 12.1 Å². The number of hydrogen-bond acceptors (Lipinski definition) is 4. The number of hydrogen-bond donors (Lipinski definition) is 1. The highest BCUT2D eigenvalue weighted by molar-refractivity contribution is 5.96. The maximum absolute atomic E-state index is 11.0. The second kappa shape index (κ2) is 4.67. The first-order valence-corrected chi connectivity index (χ1v) is 7.17. The summed E-state index contributed by atoms with van der Waals surface area (Å²) in [6.45, 7) is 0. The van der Waals surface area contributed by atoms with Gasteiger partial charge in [-0.15, -0.1) is 0 Å². The van der Waals surface area contributed by atoms with Crippen molar-refractivity contribution < 1.29 is 14.6 Å². The molecule has 0 saturated carbocycles. The summed E-state index contributed by atoms with van der Waals surface area (Å²) >= 11 is 0. The summed E-state index contributed by atoms with van der Waals surface area (Å²) in [5, 5.41) is 31.4. The van der Waals surface area contributed by atoms with Gasteiger partial charge in [-0.1, -0.05) is 12.1 Å². The summed E-state index contributed by atoms with van der Waals surface area (Å²) in [6, 6.07) is 13.9. The molecular weight excluding hydrogens is 308 g/mol. The van der Waals surface area contributed by atoms with Gasteiger partial charge in [0.05, 0.1) is 17.4 Å². The van der Waals surface area contributed by atoms with E-state index in [0.29, 0.717) is 11.2 Å². The van der Waals surface area contributed by atoms with E-state index in [-0.39, 0.29) is 22.4 Å². The monoisotopic (exact) mass is 319 g/mol. The highest BCUT2D eigenvalue weighted by atomic mass is 16.6. The first kappa shape index (κ1) is 14.0. The molecule has 0 saturated heterocycles. The third kappa shape index (κ3) is 1.62. The summed E-state index contributed by atoms with van der Waals surface area (Å²) in [6.07, 6.45) is 0. The van der Waals surface area contributed by atoms with Crippen molar-refractivity contribution in [2.45, 2.75) is 0 Å². The number of nitro benzene ring substituents is 1. The summed E-state index contributed by atoms with van der Waals surface area (Å²) in [5.41, 5.74) is 2.83. The maximum Gasteiger partial charge on any atom is 0.309 e. The number of fused-ring (bicyclic) bond motifs is 5. The van der Waals surface area contributed by atoms with E-state index in [1.165, 1.54) is 12.1 Å². The number of pyridine rings is 1. The van der Waals surface area contributed by atoms with E-state index in [1.807, 2.05) is 46.4 Å². The van der Waals surface area contributed by atoms with E-state index in [1.54, 1.807) is 6.07 Å². The van der Waals surface area contributed by atoms with Gasteiger partial charge in [0.15, 0.2) is 22.3 Å². The van der Waals surface area contributed by atoms with Crippen LogP contribution in [0.2, 0.25) is 0 Å². The van der Waals surface area contributed by atoms with Crippen molar-refractivity contribution in [3.63, 3.8) is 0 Å². The Morgan fingerprint density at radius 1 is 1.25 bits per heavy atom. The highest BCUT2D eigenvalue weighted by Gasteiger charge is 2.27. The Labute approximate surface area is 135 Å². The van der Waals surface area contributed by atoms with Crippen molar-refractivity contribution in [3.05, 3.63) is 58.1 Å². The molecule has 0 atom stereocenters. The number of aromatic nitrogens is 2. The Morgan fingerprint density at radius 3 is 2.71 bits per heavy atom. The van der Waals surface area contributed by atoms with Gasteiger partial charge in [0.2, 0.25) is 0 Å². The van der Waals surface area contributed by atoms with Crippen LogP contribution in [-0.2, 0) is 7.05 Å². The van der Waals surface area contributed by atoms with Gasteiger partial charge in [-0.05, 0) is 18.2 Å². The van der Waals surface area contributed by atoms with E-state index in [2.05, 4.69) is 0 Å². The van der Waals surface area contributed by atoms with E-state index < -0.39 is 4.92 Å². The SMILES string of the molecule is C[n+]1c2ccccc2n2c3ccc([N+](=O)[O-])cc3c(O)c(C#N)c21. The molecule has 1 N–H and O–H groups in total. The molecule has 0 radical (unpaired) electrons. The number of rotatable bonds is 1. The molecule has 0 aliphatic rings. The first-order chi connectivity index (χ1) is 11.5. The minimum Gasteiger partial charge on any atom is -0.505 e. The molecule has 2 aromatic carbocycles. The van der Waals surface area contributed by atoms with Crippen molar-refractivity contribution >= 4 is 33.3 Å². The van der Waals surface area contributed by atoms with E-state index >= 15 is 0 Å². The van der Waals surface area contributed by atoms with Gasteiger partial charge in [-0.25, -0.2) is 4.57 Å². The third-order valence-electron chi connectivity index (χ3n) is 4.27. The summed E-state index contributed by atoms with van der Waals surface area (Å²) < 4.78 is 3.67. The van der Waals surface area contributed by atoms with E-state index in [9.17, 15) is 20.5 Å². The van der Waals surface area contributed by atoms with Gasteiger partial charge in [-0.2, -0.15) is 9.66 Å². The van der Waals surface area contributed by atoms with E-state index in [4.69, 9.17) is 0 Å². The molecule has 2 aromatic heterocycles. The Balaban J connectivity index is 2.37. The van der Waals surface area contributed by atoms with Gasteiger partial charge in [0.25, 0.3) is 5.69 Å². The minimum absolute atomic E-state index is 0.0849. The van der Waals surface area contributed by atoms with Gasteiger partial charge in [-0.3, -0.25) is 10.1 Å². The van der Waals surface area contributed by atoms with Gasteiger partial charge < -0.3 is 5.11 Å². The van der Waals surface area contributed by atoms with Crippen LogP contribution in [0.1, 0.15) is 5.56 Å². The molecule has 4 aromatic rings. The second-order valence-electron chi connectivity index (χ2n) is 5.50. The van der Waals surface area contributed by atoms with Crippen molar-refractivity contribution in [1.82, 2.24) is 4.40 Å². The Bertz CT molecular complexity index is 1220. The van der Waals surface area contributed by atoms with Crippen molar-refractivity contribution in [1.29, 1.82) is 5.26 Å². The van der Waals surface area contributed by atoms with E-state index in [0.717, 1.165) is 11.0 Å². The van der Waals surface area contributed by atoms with Crippen LogP contribution in [0.3, 0.4) is 0 Å². The molecule has 2 heterocycles. The lowest BCUT2D eigenvalue weighted by molar-refractivity contribution is -0.618. The Kier molecular flexibility index (Phi) is 2.71. The Hall–Kier alpha value is -3.66. The zero-order chi connectivity index (χ0) is 17.0. The van der Waals surface area contributed by atoms with Gasteiger partial charge in [0.1, 0.15) is 11.6 Å². The lowest BCUT2D eigenvalue weighted by Crippen LogP contribution is -2.28. The smallest absolute Gasteiger partial charge is 0.309 e. The lowest BCUT2D eigenvalue weighted by Gasteiger charge is -2.03. The van der Waals surface area contributed by atoms with Crippen LogP contribution in [0.25, 0.3) is 27.6 Å². The number of para-hydroxylation sites is 2. The predicted octanol–water partition coefficient (Wildman–Crippen LogP) is 2.56. The number of aromatic hydroxyl groups is 1. The van der Waals surface area contributed by atoms with Crippen molar-refractivity contribution in [2.24, 2.45) is 7.05 Å². The molecule has 0 spiro atoms. The molecule has 4 rings (SSSR count). The Morgan fingerprint density at radius 2 is 2.00 bits per heavy atom. The van der Waals surface area contributed by atoms with Crippen LogP contribution in [0.4, 0.5) is 5.69 Å². The van der Waals surface area contributed by atoms with Crippen LogP contribution in [0.5, 0.6) is 5.75 Å². The molecule has 0 aliphatic carbocycles. The predicted molar refractivity (Wildman–Crippen MR) is 86.6 cm³/mol. The normalized spacial score (nSPS) is 11.2. The first-order valence-electron chi connectivity index (χ1n) is 7.17. The maximum atomic E-state index is 11.0. The molecule has 0 aliphatic heterocycles. The minimum atomic E-state index is -0.525. The fourth-order valence-electron chi connectivity index (χ4n) is 3.20. The third-order valence-corrected chi connectivity index (χ3v) is 4.27. The molecule has 24 heavy (non-hydrogen) atoms. The van der Waals surface area contributed by atoms with Crippen LogP contribution in [0.15, 0.2) is 42.5 Å². The second-order valence-corrected chi connectivity index (χ2v) is 5.50. The molecular formula is C17H11N4O3+. The largest absolute Gasteiger partial charge is 0.505 e. The molecule has 0 bridgehead atoms. The number of non-ortho nitro benzene ring substituents is 1. The molecule has 0 fully saturated rings. The zero-order valence-corrected chi connectivity index (χ0v) is 12.6. The van der Waals surface area contributed by atoms with Gasteiger partial charge >= 0.3 is 5.65 Å². The zero-order valence-electron chi connectivity index (χ0n) is 12.6. The molecule has 0 amide bonds. The summed E-state index contributed by atoms with van der Waals surface area (Å²) in [4.78, 5) is 10.5. The number of aryl methyl sites for hydroxylation is 1. The topological polar surface area (TPSA) is 95.4 Å². The summed E-state index contributed by atoms with van der Waals surface area (Å²) in [5.74, 6) is -0.248. The average Bonchev–Trinajstić information content (AvgIpc) is 2.89. The van der Waals surface area contributed by atoms with Crippen molar-refractivity contribution in [3.8, 4) is 11.8 Å². The number of nitriles is 1. The average molecular weight is 319 g/mol. The lowest BCUT2D eigenvalue weighted by atomic mass is 10.1. The number of nitro groups is 1. The quantitative estimate of drug-likeness (QED) is 0.331. The summed E-state index contributed by atoms with van der Waals surface area (Å²) in [7, 11) is 1.81. The number of benzene rings is 2. The standard InChI is InChI=1S/C17H10N4O3/c1-19-14-4-2-3-5-15(14)20-13-7-6-10(21(23)24)8-11(13)16(22)12(9-18)17(19)20/h2-8H,1H3/p+1. The fraction of sp³-hybridized carbons (Fsp3) is 0.0588. The van der Waals surface area contributed by atoms with Crippen LogP contribution >= 0.6 is 0 Å². The molecule has 0 unspecified atom stereocenters. The van der Waals surface area contributed by atoms with Crippen molar-refractivity contribution in [2.75, 3.05) is 0 Å². The van der Waals surface area contributed by atoms with Crippen LogP contribution in [-0.4, -0.2) is 14.4 Å². The molecule has 7 heteroatoms. The number of imidazole rings is 1. The van der Waals surface area contributed by atoms with Crippen LogP contribution < -0.4 is 4.57 Å².